The van der Waals surface area contributed by atoms with Crippen molar-refractivity contribution in [2.45, 2.75) is 40.3 Å². The minimum atomic E-state index is 0.117. The van der Waals surface area contributed by atoms with E-state index in [2.05, 4.69) is 31.2 Å². The molecule has 0 heterocycles. The Morgan fingerprint density at radius 2 is 1.83 bits per heavy atom. The maximum atomic E-state index is 5.28. The van der Waals surface area contributed by atoms with E-state index in [9.17, 15) is 0 Å². The first-order valence-electron chi connectivity index (χ1n) is 4.82. The Bertz CT molecular complexity index is 94.5. The van der Waals surface area contributed by atoms with Crippen LogP contribution in [0.3, 0.4) is 0 Å². The molecule has 3 nitrogen and oxygen atoms in total. The summed E-state index contributed by atoms with van der Waals surface area (Å²) in [5.41, 5.74) is 3.96. The zero-order chi connectivity index (χ0) is 9.40. The van der Waals surface area contributed by atoms with Crippen molar-refractivity contribution in [1.29, 1.82) is 0 Å². The average Bonchev–Trinajstić information content (AvgIpc) is 2.07. The quantitative estimate of drug-likeness (QED) is 0.332. The fourth-order valence-electron chi connectivity index (χ4n) is 1.06. The SMILES string of the molecule is CCC[N]OC(C)N(CC)CC. The molecule has 0 aliphatic heterocycles. The van der Waals surface area contributed by atoms with Crippen molar-refractivity contribution < 1.29 is 4.84 Å². The molecule has 1 atom stereocenters. The zero-order valence-corrected chi connectivity index (χ0v) is 8.71. The Morgan fingerprint density at radius 1 is 1.25 bits per heavy atom. The number of rotatable bonds is 7. The van der Waals surface area contributed by atoms with Gasteiger partial charge in [0, 0.05) is 6.54 Å². The summed E-state index contributed by atoms with van der Waals surface area (Å²) in [6, 6.07) is 0. The number of hydroxylamine groups is 1. The third-order valence-corrected chi connectivity index (χ3v) is 1.87. The van der Waals surface area contributed by atoms with Gasteiger partial charge < -0.3 is 0 Å². The van der Waals surface area contributed by atoms with Crippen LogP contribution >= 0.6 is 0 Å². The van der Waals surface area contributed by atoms with E-state index in [1.165, 1.54) is 0 Å². The zero-order valence-electron chi connectivity index (χ0n) is 8.71. The third kappa shape index (κ3) is 4.70. The van der Waals surface area contributed by atoms with Crippen LogP contribution in [0.15, 0.2) is 0 Å². The largest absolute Gasteiger partial charge is 0.277 e. The van der Waals surface area contributed by atoms with Crippen molar-refractivity contribution >= 4 is 0 Å². The highest BCUT2D eigenvalue weighted by molar-refractivity contribution is 4.52. The van der Waals surface area contributed by atoms with E-state index in [0.29, 0.717) is 0 Å². The lowest BCUT2D eigenvalue weighted by Crippen LogP contribution is -2.36. The third-order valence-electron chi connectivity index (χ3n) is 1.87. The highest BCUT2D eigenvalue weighted by Gasteiger charge is 2.09. The molecule has 73 valence electrons. The first kappa shape index (κ1) is 11.9. The lowest BCUT2D eigenvalue weighted by Gasteiger charge is -2.24. The van der Waals surface area contributed by atoms with Gasteiger partial charge in [-0.05, 0) is 26.4 Å². The van der Waals surface area contributed by atoms with Gasteiger partial charge in [-0.2, -0.15) is 0 Å². The summed E-state index contributed by atoms with van der Waals surface area (Å²) in [5, 5.41) is 0. The lowest BCUT2D eigenvalue weighted by molar-refractivity contribution is -0.102. The molecule has 0 aromatic heterocycles. The van der Waals surface area contributed by atoms with Crippen LogP contribution in [0.1, 0.15) is 34.1 Å². The normalized spacial score (nSPS) is 13.8. The van der Waals surface area contributed by atoms with Crippen LogP contribution in [0.5, 0.6) is 0 Å². The predicted molar refractivity (Wildman–Crippen MR) is 50.8 cm³/mol. The van der Waals surface area contributed by atoms with E-state index < -0.39 is 0 Å². The summed E-state index contributed by atoms with van der Waals surface area (Å²) >= 11 is 0. The van der Waals surface area contributed by atoms with Crippen LogP contribution in [0, 0.1) is 0 Å². The smallest absolute Gasteiger partial charge is 0.131 e. The van der Waals surface area contributed by atoms with Crippen molar-refractivity contribution in [2.24, 2.45) is 0 Å². The molecule has 0 spiro atoms. The Morgan fingerprint density at radius 3 is 2.25 bits per heavy atom. The highest BCUT2D eigenvalue weighted by Crippen LogP contribution is 1.98. The van der Waals surface area contributed by atoms with Crippen molar-refractivity contribution in [3.8, 4) is 0 Å². The molecule has 0 aromatic carbocycles. The van der Waals surface area contributed by atoms with E-state index in [-0.39, 0.29) is 6.23 Å². The maximum absolute atomic E-state index is 5.28. The molecule has 0 saturated carbocycles. The van der Waals surface area contributed by atoms with Gasteiger partial charge in [0.1, 0.15) is 6.23 Å². The Kier molecular flexibility index (Phi) is 7.45. The second-order valence-electron chi connectivity index (χ2n) is 2.78. The van der Waals surface area contributed by atoms with E-state index in [1.807, 2.05) is 6.92 Å². The molecule has 0 aliphatic carbocycles. The summed E-state index contributed by atoms with van der Waals surface area (Å²) in [7, 11) is 0. The molecule has 0 bridgehead atoms. The summed E-state index contributed by atoms with van der Waals surface area (Å²) < 4.78 is 0. The van der Waals surface area contributed by atoms with Crippen molar-refractivity contribution in [1.82, 2.24) is 10.4 Å². The molecule has 1 radical (unpaired) electrons. The fraction of sp³-hybridized carbons (Fsp3) is 1.00. The Balaban J connectivity index is 3.47. The van der Waals surface area contributed by atoms with Gasteiger partial charge in [-0.1, -0.05) is 26.3 Å². The van der Waals surface area contributed by atoms with Crippen LogP contribution in [-0.4, -0.2) is 30.8 Å². The van der Waals surface area contributed by atoms with E-state index in [0.717, 1.165) is 26.1 Å². The topological polar surface area (TPSA) is 26.6 Å². The van der Waals surface area contributed by atoms with Gasteiger partial charge in [0.05, 0.1) is 0 Å². The van der Waals surface area contributed by atoms with Gasteiger partial charge in [0.2, 0.25) is 0 Å². The molecule has 3 heteroatoms. The summed E-state index contributed by atoms with van der Waals surface area (Å²) in [6.07, 6.45) is 1.16. The van der Waals surface area contributed by atoms with Gasteiger partial charge in [0.25, 0.3) is 0 Å². The van der Waals surface area contributed by atoms with Crippen LogP contribution in [0.2, 0.25) is 0 Å². The van der Waals surface area contributed by atoms with Crippen LogP contribution in [0.4, 0.5) is 0 Å². The lowest BCUT2D eigenvalue weighted by atomic mass is 10.4. The molecule has 1 unspecified atom stereocenters. The number of nitrogens with zero attached hydrogens (tertiary/aromatic N) is 2. The molecule has 0 saturated heterocycles. The minimum Gasteiger partial charge on any atom is -0.277 e. The highest BCUT2D eigenvalue weighted by atomic mass is 16.7. The van der Waals surface area contributed by atoms with Gasteiger partial charge in [-0.25, -0.2) is 0 Å². The molecular formula is C9H21N2O. The fourth-order valence-corrected chi connectivity index (χ4v) is 1.06. The molecule has 0 aromatic rings. The van der Waals surface area contributed by atoms with Crippen LogP contribution in [0.25, 0.3) is 0 Å². The summed E-state index contributed by atoms with van der Waals surface area (Å²) in [4.78, 5) is 7.50. The van der Waals surface area contributed by atoms with Gasteiger partial charge in [-0.3, -0.25) is 9.74 Å². The minimum absolute atomic E-state index is 0.117. The Hall–Kier alpha value is -0.120. The molecule has 0 fully saturated rings. The predicted octanol–water partition coefficient (Wildman–Crippen LogP) is 1.62. The van der Waals surface area contributed by atoms with Crippen LogP contribution < -0.4 is 5.48 Å². The monoisotopic (exact) mass is 173 g/mol. The average molecular weight is 173 g/mol. The van der Waals surface area contributed by atoms with E-state index in [1.54, 1.807) is 0 Å². The van der Waals surface area contributed by atoms with E-state index >= 15 is 0 Å². The van der Waals surface area contributed by atoms with Crippen molar-refractivity contribution in [3.63, 3.8) is 0 Å². The summed E-state index contributed by atoms with van der Waals surface area (Å²) in [6.45, 7) is 11.2. The van der Waals surface area contributed by atoms with E-state index in [4.69, 9.17) is 4.84 Å². The molecule has 0 amide bonds. The molecule has 12 heavy (non-hydrogen) atoms. The summed E-state index contributed by atoms with van der Waals surface area (Å²) in [5.74, 6) is 0. The molecule has 0 aliphatic rings. The van der Waals surface area contributed by atoms with Crippen molar-refractivity contribution in [2.75, 3.05) is 19.6 Å². The van der Waals surface area contributed by atoms with Gasteiger partial charge in [-0.15, -0.1) is 0 Å². The second-order valence-corrected chi connectivity index (χ2v) is 2.78. The van der Waals surface area contributed by atoms with Gasteiger partial charge in [0.15, 0.2) is 0 Å². The standard InChI is InChI=1S/C9H21N2O/c1-5-8-10-12-9(4)11(6-2)7-3/h9H,5-8H2,1-4H3. The van der Waals surface area contributed by atoms with Crippen molar-refractivity contribution in [3.05, 3.63) is 0 Å². The second kappa shape index (κ2) is 7.53. The first-order valence-corrected chi connectivity index (χ1v) is 4.82. The number of hydrogen-bond acceptors (Lipinski definition) is 2. The van der Waals surface area contributed by atoms with Gasteiger partial charge >= 0.3 is 0 Å². The molecular weight excluding hydrogens is 152 g/mol. The van der Waals surface area contributed by atoms with Crippen LogP contribution in [-0.2, 0) is 4.84 Å². The maximum Gasteiger partial charge on any atom is 0.131 e. The molecule has 0 rings (SSSR count). The molecule has 0 N–H and O–H groups in total. The Labute approximate surface area is 76.0 Å². The first-order chi connectivity index (χ1) is 5.76. The number of hydrogen-bond donors (Lipinski definition) is 0.